The third-order valence-electron chi connectivity index (χ3n) is 4.91. The topological polar surface area (TPSA) is 43.1 Å². The van der Waals surface area contributed by atoms with Gasteiger partial charge in [-0.15, -0.1) is 0 Å². The highest BCUT2D eigenvalue weighted by molar-refractivity contribution is 14.1. The van der Waals surface area contributed by atoms with Crippen molar-refractivity contribution in [2.24, 2.45) is 4.99 Å². The van der Waals surface area contributed by atoms with Gasteiger partial charge in [0.1, 0.15) is 11.4 Å². The minimum absolute atomic E-state index is 0.626. The molecule has 0 aliphatic rings. The first-order chi connectivity index (χ1) is 14.2. The fourth-order valence-electron chi connectivity index (χ4n) is 3.03. The van der Waals surface area contributed by atoms with Crippen molar-refractivity contribution in [3.63, 3.8) is 0 Å². The Morgan fingerprint density at radius 1 is 1.20 bits per heavy atom. The summed E-state index contributed by atoms with van der Waals surface area (Å²) in [7, 11) is 0. The standard InChI is InChI=1S/C24H26FIN4/c1-16-12-23(29-30(16)15-19-6-11-22(13-26)27-14-19)18(3)28-17(2)20-7-9-21(10-8-20)24(4,5)25/h6-12,14H,2,13,15H2,1,3-5H3/b28-18+. The van der Waals surface area contributed by atoms with E-state index < -0.39 is 5.67 Å². The molecule has 30 heavy (non-hydrogen) atoms. The zero-order chi connectivity index (χ0) is 21.9. The smallest absolute Gasteiger partial charge is 0.130 e. The molecule has 6 heteroatoms. The van der Waals surface area contributed by atoms with Crippen molar-refractivity contribution in [3.05, 3.63) is 89.0 Å². The molecular weight excluding hydrogens is 490 g/mol. The predicted molar refractivity (Wildman–Crippen MR) is 130 cm³/mol. The van der Waals surface area contributed by atoms with Crippen molar-refractivity contribution >= 4 is 34.0 Å². The lowest BCUT2D eigenvalue weighted by Crippen LogP contribution is -2.08. The summed E-state index contributed by atoms with van der Waals surface area (Å²) in [4.78, 5) is 9.08. The Morgan fingerprint density at radius 2 is 1.90 bits per heavy atom. The fraction of sp³-hybridized carbons (Fsp3) is 0.292. The SMILES string of the molecule is C=C(/N=C(\C)c1cc(C)n(Cc2ccc(CI)nc2)n1)c1ccc(C(C)(C)F)cc1. The molecule has 4 nitrogen and oxygen atoms in total. The molecule has 2 heterocycles. The summed E-state index contributed by atoms with van der Waals surface area (Å²) < 4.78 is 16.9. The number of rotatable bonds is 7. The van der Waals surface area contributed by atoms with Gasteiger partial charge in [0.2, 0.25) is 0 Å². The molecule has 0 saturated carbocycles. The Bertz CT molecular complexity index is 1060. The van der Waals surface area contributed by atoms with Crippen LogP contribution in [0.25, 0.3) is 5.70 Å². The second-order valence-electron chi connectivity index (χ2n) is 7.81. The number of benzene rings is 1. The van der Waals surface area contributed by atoms with Crippen LogP contribution < -0.4 is 0 Å². The molecule has 2 aromatic heterocycles. The number of hydrogen-bond acceptors (Lipinski definition) is 3. The molecule has 3 aromatic rings. The molecule has 0 fully saturated rings. The minimum Gasteiger partial charge on any atom is -0.265 e. The molecule has 1 aromatic carbocycles. The Hall–Kier alpha value is -2.35. The van der Waals surface area contributed by atoms with Gasteiger partial charge in [-0.3, -0.25) is 14.7 Å². The van der Waals surface area contributed by atoms with E-state index in [4.69, 9.17) is 5.10 Å². The van der Waals surface area contributed by atoms with E-state index in [0.29, 0.717) is 17.8 Å². The number of pyridine rings is 1. The number of nitrogens with zero attached hydrogens (tertiary/aromatic N) is 4. The number of aromatic nitrogens is 3. The van der Waals surface area contributed by atoms with Gasteiger partial charge in [0.15, 0.2) is 0 Å². The van der Waals surface area contributed by atoms with Gasteiger partial charge < -0.3 is 0 Å². The number of halogens is 2. The number of hydrogen-bond donors (Lipinski definition) is 0. The van der Waals surface area contributed by atoms with Crippen LogP contribution in [0.4, 0.5) is 4.39 Å². The molecule has 0 saturated heterocycles. The van der Waals surface area contributed by atoms with E-state index >= 15 is 0 Å². The van der Waals surface area contributed by atoms with E-state index in [-0.39, 0.29) is 0 Å². The van der Waals surface area contributed by atoms with Crippen LogP contribution in [0, 0.1) is 6.92 Å². The van der Waals surface area contributed by atoms with Crippen molar-refractivity contribution in [1.29, 1.82) is 0 Å². The normalized spacial score (nSPS) is 12.3. The van der Waals surface area contributed by atoms with Gasteiger partial charge in [0.05, 0.1) is 23.6 Å². The first-order valence-corrected chi connectivity index (χ1v) is 11.3. The molecule has 0 aliphatic heterocycles. The predicted octanol–water partition coefficient (Wildman–Crippen LogP) is 6.25. The van der Waals surface area contributed by atoms with Crippen molar-refractivity contribution in [2.75, 3.05) is 0 Å². The molecule has 0 N–H and O–H groups in total. The van der Waals surface area contributed by atoms with Crippen LogP contribution >= 0.6 is 22.6 Å². The van der Waals surface area contributed by atoms with E-state index in [1.54, 1.807) is 26.0 Å². The number of alkyl halides is 2. The fourth-order valence-corrected chi connectivity index (χ4v) is 3.48. The van der Waals surface area contributed by atoms with Crippen LogP contribution in [0.5, 0.6) is 0 Å². The molecule has 0 atom stereocenters. The van der Waals surface area contributed by atoms with E-state index in [1.165, 1.54) is 0 Å². The van der Waals surface area contributed by atoms with Gasteiger partial charge in [0.25, 0.3) is 0 Å². The summed E-state index contributed by atoms with van der Waals surface area (Å²) in [6, 6.07) is 13.4. The van der Waals surface area contributed by atoms with Gasteiger partial charge in [0, 0.05) is 16.3 Å². The maximum Gasteiger partial charge on any atom is 0.130 e. The summed E-state index contributed by atoms with van der Waals surface area (Å²) in [5, 5.41) is 4.71. The average Bonchev–Trinajstić information content (AvgIpc) is 3.08. The maximum absolute atomic E-state index is 14.1. The third kappa shape index (κ3) is 5.41. The van der Waals surface area contributed by atoms with Crippen LogP contribution in [-0.2, 0) is 16.6 Å². The van der Waals surface area contributed by atoms with Gasteiger partial charge in [-0.05, 0) is 56.5 Å². The van der Waals surface area contributed by atoms with Crippen molar-refractivity contribution < 1.29 is 4.39 Å². The van der Waals surface area contributed by atoms with Gasteiger partial charge >= 0.3 is 0 Å². The Kier molecular flexibility index (Phi) is 6.85. The van der Waals surface area contributed by atoms with Crippen LogP contribution in [0.2, 0.25) is 0 Å². The van der Waals surface area contributed by atoms with Crippen LogP contribution in [0.1, 0.15) is 54.5 Å². The quantitative estimate of drug-likeness (QED) is 0.212. The van der Waals surface area contributed by atoms with E-state index in [9.17, 15) is 4.39 Å². The van der Waals surface area contributed by atoms with E-state index in [1.807, 2.05) is 49.0 Å². The second kappa shape index (κ2) is 9.20. The third-order valence-corrected chi connectivity index (χ3v) is 5.70. The van der Waals surface area contributed by atoms with Crippen LogP contribution in [0.3, 0.4) is 0 Å². The van der Waals surface area contributed by atoms with Gasteiger partial charge in [-0.25, -0.2) is 4.39 Å². The summed E-state index contributed by atoms with van der Waals surface area (Å²) in [5.41, 5.74) is 5.59. The Balaban J connectivity index is 1.76. The maximum atomic E-state index is 14.1. The number of aliphatic imine (C=N–C) groups is 1. The lowest BCUT2D eigenvalue weighted by Gasteiger charge is -2.14. The first kappa shape index (κ1) is 22.3. The highest BCUT2D eigenvalue weighted by Crippen LogP contribution is 2.26. The van der Waals surface area contributed by atoms with Gasteiger partial charge in [-0.1, -0.05) is 59.5 Å². The molecule has 156 valence electrons. The first-order valence-electron chi connectivity index (χ1n) is 9.76. The van der Waals surface area contributed by atoms with Gasteiger partial charge in [-0.2, -0.15) is 5.10 Å². The lowest BCUT2D eigenvalue weighted by atomic mass is 9.98. The summed E-state index contributed by atoms with van der Waals surface area (Å²) in [6.07, 6.45) is 1.90. The molecule has 0 aliphatic carbocycles. The molecule has 0 unspecified atom stereocenters. The van der Waals surface area contributed by atoms with E-state index in [2.05, 4.69) is 45.2 Å². The monoisotopic (exact) mass is 516 g/mol. The molecular formula is C24H26FIN4. The lowest BCUT2D eigenvalue weighted by molar-refractivity contribution is 0.221. The summed E-state index contributed by atoms with van der Waals surface area (Å²) in [6.45, 7) is 11.8. The molecule has 0 bridgehead atoms. The highest BCUT2D eigenvalue weighted by atomic mass is 127. The Labute approximate surface area is 191 Å². The van der Waals surface area contributed by atoms with Crippen LogP contribution in [0.15, 0.2) is 60.2 Å². The molecule has 0 radical (unpaired) electrons. The molecule has 0 spiro atoms. The van der Waals surface area contributed by atoms with Crippen molar-refractivity contribution in [3.8, 4) is 0 Å². The largest absolute Gasteiger partial charge is 0.265 e. The second-order valence-corrected chi connectivity index (χ2v) is 8.58. The summed E-state index contributed by atoms with van der Waals surface area (Å²) >= 11 is 2.31. The number of aryl methyl sites for hydroxylation is 1. The average molecular weight is 516 g/mol. The van der Waals surface area contributed by atoms with Crippen molar-refractivity contribution in [2.45, 2.75) is 44.3 Å². The molecule has 0 amide bonds. The van der Waals surface area contributed by atoms with Crippen LogP contribution in [-0.4, -0.2) is 20.5 Å². The minimum atomic E-state index is -1.37. The zero-order valence-electron chi connectivity index (χ0n) is 17.8. The van der Waals surface area contributed by atoms with Crippen molar-refractivity contribution in [1.82, 2.24) is 14.8 Å². The molecule has 3 rings (SSSR count). The summed E-state index contributed by atoms with van der Waals surface area (Å²) in [5.74, 6) is 0. The zero-order valence-corrected chi connectivity index (χ0v) is 19.9. The Morgan fingerprint density at radius 3 is 2.47 bits per heavy atom. The highest BCUT2D eigenvalue weighted by Gasteiger charge is 2.18. The van der Waals surface area contributed by atoms with E-state index in [0.717, 1.165) is 38.3 Å².